The van der Waals surface area contributed by atoms with E-state index in [1.165, 1.54) is 70.9 Å². The van der Waals surface area contributed by atoms with Gasteiger partial charge in [0.25, 0.3) is 0 Å². The van der Waals surface area contributed by atoms with Gasteiger partial charge in [-0.15, -0.1) is 0 Å². The standard InChI is InChI=1S/C16H30N2O.C9H6N4.C2H6/c1-2-6-16(7-3-1)18-8-4-5-15(14-18)13-17-9-11-19-12-10-17;10-4-6-1-2-8-7(3-6)9(11)13-5-12-8;1-2/h15-16H,1-14H2;1-3,5H,(H2,11,12,13);1-2H3. The van der Waals surface area contributed by atoms with Crippen LogP contribution in [0, 0.1) is 17.2 Å². The highest BCUT2D eigenvalue weighted by molar-refractivity contribution is 5.88. The molecule has 1 unspecified atom stereocenters. The van der Waals surface area contributed by atoms with E-state index in [-0.39, 0.29) is 0 Å². The highest BCUT2D eigenvalue weighted by atomic mass is 16.5. The fraction of sp³-hybridized carbons (Fsp3) is 0.667. The molecule has 0 bridgehead atoms. The van der Waals surface area contributed by atoms with E-state index in [1.54, 1.807) is 18.2 Å². The molecule has 0 radical (unpaired) electrons. The maximum atomic E-state index is 8.66. The molecule has 1 aliphatic carbocycles. The Morgan fingerprint density at radius 1 is 1.03 bits per heavy atom. The first-order valence-corrected chi connectivity index (χ1v) is 13.2. The van der Waals surface area contributed by atoms with Gasteiger partial charge in [0.1, 0.15) is 12.1 Å². The van der Waals surface area contributed by atoms with Crippen LogP contribution in [-0.2, 0) is 4.74 Å². The number of rotatable bonds is 3. The maximum Gasteiger partial charge on any atom is 0.134 e. The number of nitrogen functional groups attached to an aromatic ring is 1. The summed E-state index contributed by atoms with van der Waals surface area (Å²) in [5.74, 6) is 1.32. The van der Waals surface area contributed by atoms with E-state index in [2.05, 4.69) is 19.8 Å². The summed E-state index contributed by atoms with van der Waals surface area (Å²) in [5, 5.41) is 9.38. The summed E-state index contributed by atoms with van der Waals surface area (Å²) >= 11 is 0. The molecule has 2 aromatic rings. The summed E-state index contributed by atoms with van der Waals surface area (Å²) in [5.41, 5.74) is 6.94. The summed E-state index contributed by atoms with van der Waals surface area (Å²) in [4.78, 5) is 13.3. The molecule has 2 saturated heterocycles. The summed E-state index contributed by atoms with van der Waals surface area (Å²) in [7, 11) is 0. The first kappa shape index (κ1) is 26.3. The molecule has 3 fully saturated rings. The number of piperidine rings is 1. The summed E-state index contributed by atoms with van der Waals surface area (Å²) in [6.07, 6.45) is 11.6. The van der Waals surface area contributed by atoms with Crippen molar-refractivity contribution in [2.45, 2.75) is 64.8 Å². The predicted octanol–water partition coefficient (Wildman–Crippen LogP) is 4.47. The van der Waals surface area contributed by atoms with E-state index in [1.807, 2.05) is 19.9 Å². The third-order valence-electron chi connectivity index (χ3n) is 7.06. The fourth-order valence-electron chi connectivity index (χ4n) is 5.32. The van der Waals surface area contributed by atoms with Crippen molar-refractivity contribution >= 4 is 16.7 Å². The lowest BCUT2D eigenvalue weighted by Gasteiger charge is -2.41. The van der Waals surface area contributed by atoms with Gasteiger partial charge in [-0.25, -0.2) is 9.97 Å². The zero-order chi connectivity index (χ0) is 24.2. The van der Waals surface area contributed by atoms with Gasteiger partial charge in [0.15, 0.2) is 0 Å². The molecule has 1 saturated carbocycles. The van der Waals surface area contributed by atoms with Gasteiger partial charge < -0.3 is 15.4 Å². The Kier molecular flexibility index (Phi) is 11.0. The lowest BCUT2D eigenvalue weighted by molar-refractivity contribution is 0.0174. The molecule has 5 rings (SSSR count). The normalized spacial score (nSPS) is 22.1. The van der Waals surface area contributed by atoms with Gasteiger partial charge in [0.05, 0.1) is 30.4 Å². The number of anilines is 1. The second kappa shape index (κ2) is 14.2. The van der Waals surface area contributed by atoms with Gasteiger partial charge in [-0.1, -0.05) is 33.1 Å². The van der Waals surface area contributed by atoms with Crippen molar-refractivity contribution in [3.05, 3.63) is 30.1 Å². The van der Waals surface area contributed by atoms with Crippen molar-refractivity contribution in [1.29, 1.82) is 5.26 Å². The van der Waals surface area contributed by atoms with Crippen molar-refractivity contribution < 1.29 is 4.74 Å². The second-order valence-corrected chi connectivity index (χ2v) is 9.31. The minimum absolute atomic E-state index is 0.405. The Labute approximate surface area is 205 Å². The molecule has 7 heteroatoms. The minimum atomic E-state index is 0.405. The number of likely N-dealkylation sites (tertiary alicyclic amines) is 1. The molecule has 186 valence electrons. The summed E-state index contributed by atoms with van der Waals surface area (Å²) in [6, 6.07) is 8.10. The fourth-order valence-corrected chi connectivity index (χ4v) is 5.32. The molecule has 0 spiro atoms. The highest BCUT2D eigenvalue weighted by Crippen LogP contribution is 2.27. The van der Waals surface area contributed by atoms with Crippen molar-refractivity contribution in [2.75, 3.05) is 51.7 Å². The number of hydrogen-bond donors (Lipinski definition) is 1. The Hall–Kier alpha value is -2.27. The predicted molar refractivity (Wildman–Crippen MR) is 138 cm³/mol. The molecular weight excluding hydrogens is 424 g/mol. The first-order valence-electron chi connectivity index (χ1n) is 13.2. The van der Waals surface area contributed by atoms with Crippen LogP contribution in [-0.4, -0.2) is 71.7 Å². The topological polar surface area (TPSA) is 91.3 Å². The lowest BCUT2D eigenvalue weighted by atomic mass is 9.90. The molecule has 1 atom stereocenters. The minimum Gasteiger partial charge on any atom is -0.383 e. The highest BCUT2D eigenvalue weighted by Gasteiger charge is 2.28. The van der Waals surface area contributed by atoms with Crippen LogP contribution in [0.4, 0.5) is 5.82 Å². The summed E-state index contributed by atoms with van der Waals surface area (Å²) in [6.45, 7) is 12.2. The molecule has 2 aliphatic heterocycles. The van der Waals surface area contributed by atoms with Gasteiger partial charge in [-0.05, 0) is 56.3 Å². The zero-order valence-corrected chi connectivity index (χ0v) is 21.1. The van der Waals surface area contributed by atoms with E-state index < -0.39 is 0 Å². The number of ether oxygens (including phenoxy) is 1. The Morgan fingerprint density at radius 2 is 1.79 bits per heavy atom. The quantitative estimate of drug-likeness (QED) is 0.713. The van der Waals surface area contributed by atoms with E-state index in [9.17, 15) is 0 Å². The van der Waals surface area contributed by atoms with Crippen LogP contribution in [0.5, 0.6) is 0 Å². The average Bonchev–Trinajstić information content (AvgIpc) is 2.91. The molecule has 3 aliphatic rings. The van der Waals surface area contributed by atoms with Crippen LogP contribution < -0.4 is 5.73 Å². The van der Waals surface area contributed by atoms with Gasteiger partial charge in [-0.2, -0.15) is 5.26 Å². The van der Waals surface area contributed by atoms with E-state index in [4.69, 9.17) is 15.7 Å². The lowest BCUT2D eigenvalue weighted by Crippen LogP contribution is -2.47. The molecule has 34 heavy (non-hydrogen) atoms. The molecular formula is C27H42N6O. The third kappa shape index (κ3) is 7.63. The molecule has 1 aromatic carbocycles. The van der Waals surface area contributed by atoms with Crippen molar-refractivity contribution in [3.8, 4) is 6.07 Å². The largest absolute Gasteiger partial charge is 0.383 e. The summed E-state index contributed by atoms with van der Waals surface area (Å²) < 4.78 is 5.45. The van der Waals surface area contributed by atoms with Gasteiger partial charge >= 0.3 is 0 Å². The molecule has 3 heterocycles. The number of aromatic nitrogens is 2. The molecule has 7 nitrogen and oxygen atoms in total. The van der Waals surface area contributed by atoms with Crippen molar-refractivity contribution in [3.63, 3.8) is 0 Å². The second-order valence-electron chi connectivity index (χ2n) is 9.31. The smallest absolute Gasteiger partial charge is 0.134 e. The molecule has 0 amide bonds. The monoisotopic (exact) mass is 466 g/mol. The molecule has 1 aromatic heterocycles. The van der Waals surface area contributed by atoms with Crippen LogP contribution in [0.1, 0.15) is 64.4 Å². The Bertz CT molecular complexity index is 902. The number of nitrogens with zero attached hydrogens (tertiary/aromatic N) is 5. The van der Waals surface area contributed by atoms with Crippen LogP contribution >= 0.6 is 0 Å². The van der Waals surface area contributed by atoms with Crippen molar-refractivity contribution in [1.82, 2.24) is 19.8 Å². The number of benzene rings is 1. The zero-order valence-electron chi connectivity index (χ0n) is 21.1. The van der Waals surface area contributed by atoms with Crippen LogP contribution in [0.2, 0.25) is 0 Å². The van der Waals surface area contributed by atoms with Crippen LogP contribution in [0.25, 0.3) is 10.9 Å². The van der Waals surface area contributed by atoms with E-state index in [0.29, 0.717) is 11.4 Å². The van der Waals surface area contributed by atoms with Crippen LogP contribution in [0.3, 0.4) is 0 Å². The number of nitrogens with two attached hydrogens (primary N) is 1. The SMILES string of the molecule is C1CCC(N2CCCC(CN3CCOCC3)C2)CC1.CC.N#Cc1ccc2ncnc(N)c2c1. The first-order chi connectivity index (χ1) is 16.7. The third-order valence-corrected chi connectivity index (χ3v) is 7.06. The molecule has 2 N–H and O–H groups in total. The van der Waals surface area contributed by atoms with Gasteiger partial charge in [-0.3, -0.25) is 4.90 Å². The number of hydrogen-bond acceptors (Lipinski definition) is 7. The average molecular weight is 467 g/mol. The Morgan fingerprint density at radius 3 is 2.53 bits per heavy atom. The van der Waals surface area contributed by atoms with E-state index >= 15 is 0 Å². The van der Waals surface area contributed by atoms with Gasteiger partial charge in [0.2, 0.25) is 0 Å². The van der Waals surface area contributed by atoms with Gasteiger partial charge in [0, 0.05) is 37.6 Å². The van der Waals surface area contributed by atoms with E-state index in [0.717, 1.165) is 49.2 Å². The Balaban J connectivity index is 0.000000189. The van der Waals surface area contributed by atoms with Crippen molar-refractivity contribution in [2.24, 2.45) is 5.92 Å². The number of fused-ring (bicyclic) bond motifs is 1. The number of nitriles is 1. The maximum absolute atomic E-state index is 8.66. The number of morpholine rings is 1. The van der Waals surface area contributed by atoms with Crippen LogP contribution in [0.15, 0.2) is 24.5 Å².